The molecule has 3 aromatic rings. The maximum Gasteiger partial charge on any atom is 0.222 e. The third-order valence-corrected chi connectivity index (χ3v) is 5.24. The van der Waals surface area contributed by atoms with Crippen LogP contribution in [0.3, 0.4) is 0 Å². The van der Waals surface area contributed by atoms with Crippen LogP contribution < -0.4 is 0 Å². The van der Waals surface area contributed by atoms with E-state index >= 15 is 0 Å². The summed E-state index contributed by atoms with van der Waals surface area (Å²) in [5.74, 6) is 0.700. The molecule has 2 aromatic carbocycles. The highest BCUT2D eigenvalue weighted by molar-refractivity contribution is 5.80. The Hall–Kier alpha value is -2.55. The Balaban J connectivity index is 1.41. The fraction of sp³-hybridized carbons (Fsp3) is 0.318. The summed E-state index contributed by atoms with van der Waals surface area (Å²) in [6.45, 7) is 1.73. The van der Waals surface area contributed by atoms with Gasteiger partial charge in [-0.05, 0) is 42.3 Å². The predicted molar refractivity (Wildman–Crippen MR) is 102 cm³/mol. The number of hydrogen-bond acceptors (Lipinski definition) is 1. The van der Waals surface area contributed by atoms with Gasteiger partial charge < -0.3 is 9.88 Å². The van der Waals surface area contributed by atoms with Gasteiger partial charge >= 0.3 is 0 Å². The number of aromatic amines is 1. The van der Waals surface area contributed by atoms with E-state index < -0.39 is 0 Å². The molecule has 0 spiro atoms. The van der Waals surface area contributed by atoms with Gasteiger partial charge in [0.25, 0.3) is 0 Å². The molecule has 1 saturated heterocycles. The Kier molecular flexibility index (Phi) is 4.55. The van der Waals surface area contributed by atoms with Crippen LogP contribution in [0.5, 0.6) is 0 Å². The summed E-state index contributed by atoms with van der Waals surface area (Å²) in [6, 6.07) is 20.9. The number of aromatic nitrogens is 1. The van der Waals surface area contributed by atoms with E-state index in [-0.39, 0.29) is 5.91 Å². The van der Waals surface area contributed by atoms with Gasteiger partial charge in [-0.15, -0.1) is 0 Å². The molecule has 1 N–H and O–H groups in total. The lowest BCUT2D eigenvalue weighted by atomic mass is 9.94. The lowest BCUT2D eigenvalue weighted by molar-refractivity contribution is -0.132. The smallest absolute Gasteiger partial charge is 0.222 e. The van der Waals surface area contributed by atoms with Crippen molar-refractivity contribution >= 4 is 16.8 Å². The molecule has 2 heterocycles. The van der Waals surface area contributed by atoms with E-state index in [9.17, 15) is 4.79 Å². The average molecular weight is 332 g/mol. The molecule has 0 saturated carbocycles. The largest absolute Gasteiger partial charge is 0.358 e. The van der Waals surface area contributed by atoms with Gasteiger partial charge in [0.15, 0.2) is 0 Å². The highest BCUT2D eigenvalue weighted by Crippen LogP contribution is 2.29. The number of aryl methyl sites for hydroxylation is 1. The van der Waals surface area contributed by atoms with Crippen molar-refractivity contribution in [2.75, 3.05) is 13.1 Å². The van der Waals surface area contributed by atoms with E-state index in [1.165, 1.54) is 22.2 Å². The van der Waals surface area contributed by atoms with Crippen LogP contribution in [-0.2, 0) is 11.2 Å². The molecule has 4 rings (SSSR count). The molecule has 0 aliphatic carbocycles. The number of para-hydroxylation sites is 1. The molecule has 1 unspecified atom stereocenters. The van der Waals surface area contributed by atoms with Gasteiger partial charge in [-0.1, -0.05) is 48.5 Å². The number of carbonyl (C=O) groups is 1. The minimum absolute atomic E-state index is 0.282. The van der Waals surface area contributed by atoms with Crippen LogP contribution in [0.25, 0.3) is 10.9 Å². The number of likely N-dealkylation sites (tertiary alicyclic amines) is 1. The lowest BCUT2D eigenvalue weighted by Crippen LogP contribution is -2.39. The van der Waals surface area contributed by atoms with Crippen LogP contribution in [0.4, 0.5) is 0 Å². The molecule has 1 amide bonds. The Morgan fingerprint density at radius 3 is 2.72 bits per heavy atom. The van der Waals surface area contributed by atoms with E-state index in [4.69, 9.17) is 0 Å². The first-order valence-electron chi connectivity index (χ1n) is 9.19. The summed E-state index contributed by atoms with van der Waals surface area (Å²) in [6.07, 6.45) is 3.66. The van der Waals surface area contributed by atoms with E-state index in [1.807, 2.05) is 18.2 Å². The van der Waals surface area contributed by atoms with Crippen LogP contribution in [0.15, 0.2) is 60.7 Å². The Morgan fingerprint density at radius 1 is 1.08 bits per heavy atom. The average Bonchev–Trinajstić information content (AvgIpc) is 3.11. The summed E-state index contributed by atoms with van der Waals surface area (Å²) >= 11 is 0. The van der Waals surface area contributed by atoms with Crippen molar-refractivity contribution in [3.05, 3.63) is 71.9 Å². The second kappa shape index (κ2) is 7.14. The fourth-order valence-electron chi connectivity index (χ4n) is 3.83. The van der Waals surface area contributed by atoms with Gasteiger partial charge in [0.2, 0.25) is 5.91 Å². The Bertz CT molecular complexity index is 820. The summed E-state index contributed by atoms with van der Waals surface area (Å²) in [5, 5.41) is 1.25. The standard InChI is InChI=1S/C22H24N2O/c25-22(13-12-17-7-2-1-3-8-17)24-14-6-10-19(16-24)21-15-18-9-4-5-11-20(18)23-21/h1-5,7-9,11,15,19,23H,6,10,12-14,16H2. The molecule has 1 fully saturated rings. The van der Waals surface area contributed by atoms with Gasteiger partial charge in [0.05, 0.1) is 0 Å². The molecule has 0 bridgehead atoms. The normalized spacial score (nSPS) is 17.8. The van der Waals surface area contributed by atoms with Gasteiger partial charge in [-0.3, -0.25) is 4.79 Å². The summed E-state index contributed by atoms with van der Waals surface area (Å²) in [5.41, 5.74) is 3.69. The molecule has 3 nitrogen and oxygen atoms in total. The number of carbonyl (C=O) groups excluding carboxylic acids is 1. The maximum absolute atomic E-state index is 12.6. The number of hydrogen-bond donors (Lipinski definition) is 1. The first-order chi connectivity index (χ1) is 12.3. The van der Waals surface area contributed by atoms with E-state index in [0.29, 0.717) is 12.3 Å². The molecule has 1 atom stereocenters. The maximum atomic E-state index is 12.6. The van der Waals surface area contributed by atoms with Crippen molar-refractivity contribution < 1.29 is 4.79 Å². The SMILES string of the molecule is O=C(CCc1ccccc1)N1CCCC(c2cc3ccccc3[nH]2)C1. The molecule has 0 radical (unpaired) electrons. The number of piperidine rings is 1. The van der Waals surface area contributed by atoms with Crippen molar-refractivity contribution in [1.82, 2.24) is 9.88 Å². The highest BCUT2D eigenvalue weighted by atomic mass is 16.2. The molecule has 25 heavy (non-hydrogen) atoms. The van der Waals surface area contributed by atoms with Gasteiger partial charge in [0.1, 0.15) is 0 Å². The number of H-pyrrole nitrogens is 1. The highest BCUT2D eigenvalue weighted by Gasteiger charge is 2.25. The van der Waals surface area contributed by atoms with E-state index in [2.05, 4.69) is 52.3 Å². The number of rotatable bonds is 4. The fourth-order valence-corrected chi connectivity index (χ4v) is 3.83. The quantitative estimate of drug-likeness (QED) is 0.750. The minimum atomic E-state index is 0.282. The minimum Gasteiger partial charge on any atom is -0.358 e. The Labute approximate surface area is 148 Å². The second-order valence-electron chi connectivity index (χ2n) is 6.98. The van der Waals surface area contributed by atoms with Crippen LogP contribution >= 0.6 is 0 Å². The monoisotopic (exact) mass is 332 g/mol. The van der Waals surface area contributed by atoms with Crippen LogP contribution in [0.1, 0.15) is 36.4 Å². The second-order valence-corrected chi connectivity index (χ2v) is 6.98. The van der Waals surface area contributed by atoms with Crippen molar-refractivity contribution in [3.8, 4) is 0 Å². The van der Waals surface area contributed by atoms with Crippen molar-refractivity contribution in [1.29, 1.82) is 0 Å². The number of benzene rings is 2. The summed E-state index contributed by atoms with van der Waals surface area (Å²) < 4.78 is 0. The lowest BCUT2D eigenvalue weighted by Gasteiger charge is -2.32. The van der Waals surface area contributed by atoms with Crippen LogP contribution in [0.2, 0.25) is 0 Å². The summed E-state index contributed by atoms with van der Waals surface area (Å²) in [4.78, 5) is 18.2. The zero-order chi connectivity index (χ0) is 17.1. The van der Waals surface area contributed by atoms with Gasteiger partial charge in [-0.25, -0.2) is 0 Å². The Morgan fingerprint density at radius 2 is 1.88 bits per heavy atom. The van der Waals surface area contributed by atoms with Crippen molar-refractivity contribution in [2.45, 2.75) is 31.6 Å². The molecule has 1 aliphatic rings. The molecule has 1 aliphatic heterocycles. The van der Waals surface area contributed by atoms with Crippen LogP contribution in [-0.4, -0.2) is 28.9 Å². The predicted octanol–water partition coefficient (Wildman–Crippen LogP) is 4.51. The van der Waals surface area contributed by atoms with Crippen LogP contribution in [0, 0.1) is 0 Å². The number of nitrogens with zero attached hydrogens (tertiary/aromatic N) is 1. The molecular weight excluding hydrogens is 308 g/mol. The first-order valence-corrected chi connectivity index (χ1v) is 9.19. The molecule has 3 heteroatoms. The summed E-state index contributed by atoms with van der Waals surface area (Å²) in [7, 11) is 0. The molecule has 128 valence electrons. The van der Waals surface area contributed by atoms with Crippen molar-refractivity contribution in [3.63, 3.8) is 0 Å². The number of fused-ring (bicyclic) bond motifs is 1. The zero-order valence-corrected chi connectivity index (χ0v) is 14.4. The topological polar surface area (TPSA) is 36.1 Å². The first kappa shape index (κ1) is 15.9. The van der Waals surface area contributed by atoms with Gasteiger partial charge in [0, 0.05) is 36.6 Å². The molecule has 1 aromatic heterocycles. The third kappa shape index (κ3) is 3.60. The zero-order valence-electron chi connectivity index (χ0n) is 14.4. The van der Waals surface area contributed by atoms with Crippen molar-refractivity contribution in [2.24, 2.45) is 0 Å². The number of nitrogens with one attached hydrogen (secondary N) is 1. The van der Waals surface area contributed by atoms with E-state index in [0.717, 1.165) is 32.4 Å². The van der Waals surface area contributed by atoms with Gasteiger partial charge in [-0.2, -0.15) is 0 Å². The number of amides is 1. The third-order valence-electron chi connectivity index (χ3n) is 5.24. The molecular formula is C22H24N2O. The van der Waals surface area contributed by atoms with E-state index in [1.54, 1.807) is 0 Å².